The van der Waals surface area contributed by atoms with Gasteiger partial charge in [-0.15, -0.1) is 11.8 Å². The SMILES string of the molecule is Cc1ccc2c(=O)cc(CSCC(=O)Nc3ccccc3Cl)[nH]c2c1. The van der Waals surface area contributed by atoms with E-state index in [2.05, 4.69) is 10.3 Å². The van der Waals surface area contributed by atoms with Crippen LogP contribution in [-0.4, -0.2) is 16.6 Å². The summed E-state index contributed by atoms with van der Waals surface area (Å²) >= 11 is 7.46. The van der Waals surface area contributed by atoms with Crippen molar-refractivity contribution in [2.24, 2.45) is 0 Å². The quantitative estimate of drug-likeness (QED) is 0.699. The molecule has 25 heavy (non-hydrogen) atoms. The smallest absolute Gasteiger partial charge is 0.234 e. The van der Waals surface area contributed by atoms with Crippen LogP contribution in [0.3, 0.4) is 0 Å². The first-order chi connectivity index (χ1) is 12.0. The number of fused-ring (bicyclic) bond motifs is 1. The van der Waals surface area contributed by atoms with Crippen molar-refractivity contribution in [3.8, 4) is 0 Å². The number of benzene rings is 2. The van der Waals surface area contributed by atoms with Crippen LogP contribution in [0.5, 0.6) is 0 Å². The zero-order valence-corrected chi connectivity index (χ0v) is 15.2. The van der Waals surface area contributed by atoms with Gasteiger partial charge in [-0.05, 0) is 36.8 Å². The molecule has 0 saturated heterocycles. The zero-order valence-electron chi connectivity index (χ0n) is 13.6. The highest BCUT2D eigenvalue weighted by molar-refractivity contribution is 7.99. The maximum absolute atomic E-state index is 12.2. The number of aromatic nitrogens is 1. The van der Waals surface area contributed by atoms with Gasteiger partial charge >= 0.3 is 0 Å². The lowest BCUT2D eigenvalue weighted by atomic mass is 10.1. The number of halogens is 1. The van der Waals surface area contributed by atoms with Gasteiger partial charge in [0.25, 0.3) is 0 Å². The van der Waals surface area contributed by atoms with E-state index in [0.717, 1.165) is 16.8 Å². The van der Waals surface area contributed by atoms with Crippen LogP contribution >= 0.6 is 23.4 Å². The van der Waals surface area contributed by atoms with Crippen molar-refractivity contribution in [2.45, 2.75) is 12.7 Å². The molecule has 1 heterocycles. The second kappa shape index (κ2) is 7.76. The monoisotopic (exact) mass is 372 g/mol. The molecule has 0 aliphatic carbocycles. The molecule has 0 aliphatic rings. The van der Waals surface area contributed by atoms with E-state index < -0.39 is 0 Å². The van der Waals surface area contributed by atoms with Crippen molar-refractivity contribution in [1.82, 2.24) is 4.98 Å². The second-order valence-corrected chi connectivity index (χ2v) is 7.12. The highest BCUT2D eigenvalue weighted by atomic mass is 35.5. The first-order valence-corrected chi connectivity index (χ1v) is 9.31. The summed E-state index contributed by atoms with van der Waals surface area (Å²) in [6, 6.07) is 14.4. The first kappa shape index (κ1) is 17.6. The van der Waals surface area contributed by atoms with Gasteiger partial charge in [0.15, 0.2) is 5.43 Å². The van der Waals surface area contributed by atoms with Gasteiger partial charge in [0.05, 0.1) is 16.5 Å². The van der Waals surface area contributed by atoms with Crippen LogP contribution in [0.15, 0.2) is 53.3 Å². The Morgan fingerprint density at radius 2 is 2.00 bits per heavy atom. The number of amides is 1. The van der Waals surface area contributed by atoms with Crippen molar-refractivity contribution in [2.75, 3.05) is 11.1 Å². The minimum absolute atomic E-state index is 0.00938. The Bertz CT molecular complexity index is 985. The number of carbonyl (C=O) groups excluding carboxylic acids is 1. The van der Waals surface area contributed by atoms with E-state index in [-0.39, 0.29) is 17.1 Å². The average Bonchev–Trinajstić information content (AvgIpc) is 2.56. The largest absolute Gasteiger partial charge is 0.357 e. The number of nitrogens with one attached hydrogen (secondary N) is 2. The van der Waals surface area contributed by atoms with Crippen LogP contribution in [0.2, 0.25) is 5.02 Å². The molecule has 0 saturated carbocycles. The Balaban J connectivity index is 1.62. The van der Waals surface area contributed by atoms with Gasteiger partial charge < -0.3 is 10.3 Å². The number of hydrogen-bond acceptors (Lipinski definition) is 3. The van der Waals surface area contributed by atoms with Crippen LogP contribution in [0.25, 0.3) is 10.9 Å². The molecule has 3 rings (SSSR count). The highest BCUT2D eigenvalue weighted by Crippen LogP contribution is 2.21. The molecule has 128 valence electrons. The predicted octanol–water partition coefficient (Wildman–Crippen LogP) is 4.36. The standard InChI is InChI=1S/C19H17ClN2O2S/c1-12-6-7-14-17(8-12)21-13(9-18(14)23)10-25-11-19(24)22-16-5-3-2-4-15(16)20/h2-9H,10-11H2,1H3,(H,21,23)(H,22,24). The summed E-state index contributed by atoms with van der Waals surface area (Å²) in [5, 5.41) is 3.97. The third-order valence-electron chi connectivity index (χ3n) is 3.68. The molecule has 2 aromatic carbocycles. The third kappa shape index (κ3) is 4.44. The Labute approximate surface area is 154 Å². The summed E-state index contributed by atoms with van der Waals surface area (Å²) < 4.78 is 0. The number of pyridine rings is 1. The van der Waals surface area contributed by atoms with Crippen LogP contribution in [0.4, 0.5) is 5.69 Å². The summed E-state index contributed by atoms with van der Waals surface area (Å²) in [6.07, 6.45) is 0. The van der Waals surface area contributed by atoms with E-state index in [1.807, 2.05) is 37.3 Å². The molecule has 4 nitrogen and oxygen atoms in total. The lowest BCUT2D eigenvalue weighted by Gasteiger charge is -2.07. The molecule has 0 atom stereocenters. The number of carbonyl (C=O) groups is 1. The Morgan fingerprint density at radius 1 is 1.20 bits per heavy atom. The molecular formula is C19H17ClN2O2S. The molecular weight excluding hydrogens is 356 g/mol. The fraction of sp³-hybridized carbons (Fsp3) is 0.158. The predicted molar refractivity (Wildman–Crippen MR) is 106 cm³/mol. The number of rotatable bonds is 5. The fourth-order valence-corrected chi connectivity index (χ4v) is 3.42. The number of hydrogen-bond donors (Lipinski definition) is 2. The molecule has 1 aromatic heterocycles. The van der Waals surface area contributed by atoms with E-state index in [0.29, 0.717) is 21.8 Å². The van der Waals surface area contributed by atoms with Crippen molar-refractivity contribution < 1.29 is 4.79 Å². The van der Waals surface area contributed by atoms with E-state index in [1.165, 1.54) is 11.8 Å². The van der Waals surface area contributed by atoms with Gasteiger partial charge in [-0.2, -0.15) is 0 Å². The van der Waals surface area contributed by atoms with Gasteiger partial charge in [-0.25, -0.2) is 0 Å². The van der Waals surface area contributed by atoms with Crippen molar-refractivity contribution in [1.29, 1.82) is 0 Å². The van der Waals surface area contributed by atoms with Crippen LogP contribution in [0, 0.1) is 6.92 Å². The summed E-state index contributed by atoms with van der Waals surface area (Å²) in [5.74, 6) is 0.700. The van der Waals surface area contributed by atoms with Crippen LogP contribution < -0.4 is 10.7 Å². The van der Waals surface area contributed by atoms with Gasteiger partial charge in [0.2, 0.25) is 5.91 Å². The number of aromatic amines is 1. The number of para-hydroxylation sites is 1. The van der Waals surface area contributed by atoms with E-state index in [4.69, 9.17) is 11.6 Å². The molecule has 0 aliphatic heterocycles. The molecule has 0 bridgehead atoms. The summed E-state index contributed by atoms with van der Waals surface area (Å²) in [4.78, 5) is 27.4. The highest BCUT2D eigenvalue weighted by Gasteiger charge is 2.07. The normalized spacial score (nSPS) is 10.8. The van der Waals surface area contributed by atoms with Crippen LogP contribution in [-0.2, 0) is 10.5 Å². The van der Waals surface area contributed by atoms with Crippen molar-refractivity contribution in [3.05, 3.63) is 75.0 Å². The minimum Gasteiger partial charge on any atom is -0.357 e. The van der Waals surface area contributed by atoms with Gasteiger partial charge in [-0.1, -0.05) is 29.8 Å². The van der Waals surface area contributed by atoms with Crippen molar-refractivity contribution in [3.63, 3.8) is 0 Å². The fourth-order valence-electron chi connectivity index (χ4n) is 2.50. The number of thioether (sulfide) groups is 1. The Kier molecular flexibility index (Phi) is 5.46. The lowest BCUT2D eigenvalue weighted by molar-refractivity contribution is -0.113. The summed E-state index contributed by atoms with van der Waals surface area (Å²) in [7, 11) is 0. The maximum Gasteiger partial charge on any atom is 0.234 e. The summed E-state index contributed by atoms with van der Waals surface area (Å²) in [5.41, 5.74) is 3.31. The number of aryl methyl sites for hydroxylation is 1. The number of H-pyrrole nitrogens is 1. The van der Waals surface area contributed by atoms with Gasteiger partial charge in [0.1, 0.15) is 0 Å². The molecule has 0 spiro atoms. The van der Waals surface area contributed by atoms with E-state index in [9.17, 15) is 9.59 Å². The third-order valence-corrected chi connectivity index (χ3v) is 4.99. The molecule has 2 N–H and O–H groups in total. The Morgan fingerprint density at radius 3 is 2.80 bits per heavy atom. The molecule has 0 radical (unpaired) electrons. The Hall–Kier alpha value is -2.24. The van der Waals surface area contributed by atoms with Crippen molar-refractivity contribution >= 4 is 45.9 Å². The van der Waals surface area contributed by atoms with Crippen LogP contribution in [0.1, 0.15) is 11.3 Å². The minimum atomic E-state index is -0.128. The first-order valence-electron chi connectivity index (χ1n) is 7.77. The second-order valence-electron chi connectivity index (χ2n) is 5.73. The molecule has 3 aromatic rings. The maximum atomic E-state index is 12.2. The average molecular weight is 373 g/mol. The molecule has 1 amide bonds. The topological polar surface area (TPSA) is 62.0 Å². The molecule has 0 unspecified atom stereocenters. The zero-order chi connectivity index (χ0) is 17.8. The summed E-state index contributed by atoms with van der Waals surface area (Å²) in [6.45, 7) is 1.98. The molecule has 6 heteroatoms. The van der Waals surface area contributed by atoms with E-state index in [1.54, 1.807) is 18.2 Å². The lowest BCUT2D eigenvalue weighted by Crippen LogP contribution is -2.14. The van der Waals surface area contributed by atoms with Gasteiger partial charge in [-0.3, -0.25) is 9.59 Å². The van der Waals surface area contributed by atoms with Gasteiger partial charge in [0, 0.05) is 28.4 Å². The van der Waals surface area contributed by atoms with E-state index >= 15 is 0 Å². The number of anilines is 1. The molecule has 0 fully saturated rings.